The average molecular weight is 822 g/mol. The monoisotopic (exact) mass is 820 g/mol. The number of carbonyl (C=O) groups excluding carboxylic acids is 4. The summed E-state index contributed by atoms with van der Waals surface area (Å²) in [5.41, 5.74) is 0.213. The van der Waals surface area contributed by atoms with Gasteiger partial charge in [-0.25, -0.2) is 9.78 Å². The van der Waals surface area contributed by atoms with E-state index in [4.69, 9.17) is 27.9 Å². The van der Waals surface area contributed by atoms with Gasteiger partial charge in [0, 0.05) is 22.7 Å². The molecule has 3 aromatic carbocycles. The van der Waals surface area contributed by atoms with Gasteiger partial charge in [-0.1, -0.05) is 59.1 Å². The molecule has 292 valence electrons. The van der Waals surface area contributed by atoms with Crippen LogP contribution < -0.4 is 15.1 Å². The highest BCUT2D eigenvalue weighted by Crippen LogP contribution is 2.66. The summed E-state index contributed by atoms with van der Waals surface area (Å²) < 4.78 is 46.2. The van der Waals surface area contributed by atoms with Crippen LogP contribution in [-0.4, -0.2) is 56.9 Å². The van der Waals surface area contributed by atoms with E-state index in [0.717, 1.165) is 4.90 Å². The molecule has 1 saturated carbocycles. The van der Waals surface area contributed by atoms with E-state index in [1.807, 2.05) is 0 Å². The summed E-state index contributed by atoms with van der Waals surface area (Å²) in [5.74, 6) is -10.3. The number of aromatic hydroxyl groups is 1. The number of pyridine rings is 1. The van der Waals surface area contributed by atoms with Crippen LogP contribution in [0.25, 0.3) is 0 Å². The molecule has 2 aliphatic heterocycles. The first-order chi connectivity index (χ1) is 27.1. The molecule has 0 bridgehead atoms. The first-order valence-electron chi connectivity index (χ1n) is 17.5. The van der Waals surface area contributed by atoms with E-state index in [2.05, 4.69) is 10.4 Å². The lowest BCUT2D eigenvalue weighted by Gasteiger charge is -2.50. The van der Waals surface area contributed by atoms with Crippen molar-refractivity contribution in [1.29, 1.82) is 0 Å². The van der Waals surface area contributed by atoms with Crippen molar-refractivity contribution in [2.24, 2.45) is 23.7 Å². The van der Waals surface area contributed by atoms with Gasteiger partial charge in [-0.05, 0) is 72.9 Å². The standard InChI is InChI=1S/C40H29Cl2F3N4O8/c1-57-29-7-3-6-28(50)31(29)32-23-12-13-24-30(36(53)48(34(24)51)22-5-2-4-18(14-22)37(54)55)25(23)16-26-35(52)49(38(56)39(26,32)19-8-10-21(41)11-9-19)47-33-27(42)15-20(17-46-33)40(43,44)45/h2-12,14-15,17,24-26,30,32,50H,13,16H2,1H3,(H,46,47)(H,54,55). The Labute approximate surface area is 331 Å². The number of nitrogens with one attached hydrogen (secondary N) is 1. The third-order valence-electron chi connectivity index (χ3n) is 11.5. The second kappa shape index (κ2) is 13.6. The Morgan fingerprint density at radius 1 is 0.965 bits per heavy atom. The number of imide groups is 2. The van der Waals surface area contributed by atoms with Crippen molar-refractivity contribution in [2.75, 3.05) is 17.4 Å². The van der Waals surface area contributed by atoms with Crippen LogP contribution in [0.4, 0.5) is 24.7 Å². The highest BCUT2D eigenvalue weighted by Gasteiger charge is 2.71. The molecule has 6 atom stereocenters. The third-order valence-corrected chi connectivity index (χ3v) is 12.0. The fourth-order valence-corrected chi connectivity index (χ4v) is 9.46. The first kappa shape index (κ1) is 38.0. The molecule has 3 N–H and O–H groups in total. The number of ether oxygens (including phenoxy) is 1. The summed E-state index contributed by atoms with van der Waals surface area (Å²) in [7, 11) is 1.35. The number of nitrogens with zero attached hydrogens (tertiary/aromatic N) is 3. The van der Waals surface area contributed by atoms with E-state index in [-0.39, 0.29) is 46.7 Å². The van der Waals surface area contributed by atoms with Crippen LogP contribution >= 0.6 is 23.2 Å². The largest absolute Gasteiger partial charge is 0.508 e. The molecule has 3 fully saturated rings. The topological polar surface area (TPSA) is 166 Å². The van der Waals surface area contributed by atoms with Crippen LogP contribution in [0, 0.1) is 23.7 Å². The number of fused-ring (bicyclic) bond motifs is 4. The number of hydrogen-bond donors (Lipinski definition) is 3. The van der Waals surface area contributed by atoms with Crippen molar-refractivity contribution in [3.05, 3.63) is 123 Å². The molecule has 1 aromatic heterocycles. The predicted octanol–water partition coefficient (Wildman–Crippen LogP) is 7.01. The molecule has 8 rings (SSSR count). The molecule has 0 radical (unpaired) electrons. The molecule has 2 aliphatic carbocycles. The van der Waals surface area contributed by atoms with Gasteiger partial charge in [-0.2, -0.15) is 18.2 Å². The number of hydrazine groups is 1. The smallest absolute Gasteiger partial charge is 0.417 e. The molecular weight excluding hydrogens is 792 g/mol. The number of aromatic nitrogens is 1. The van der Waals surface area contributed by atoms with Crippen LogP contribution in [0.1, 0.15) is 45.8 Å². The Hall–Kier alpha value is -5.93. The van der Waals surface area contributed by atoms with E-state index in [1.54, 1.807) is 24.3 Å². The van der Waals surface area contributed by atoms with Crippen molar-refractivity contribution in [1.82, 2.24) is 9.99 Å². The molecule has 4 aromatic rings. The van der Waals surface area contributed by atoms with E-state index in [9.17, 15) is 42.6 Å². The van der Waals surface area contributed by atoms with Gasteiger partial charge in [-0.15, -0.1) is 0 Å². The number of alkyl halides is 3. The Kier molecular flexibility index (Phi) is 9.08. The summed E-state index contributed by atoms with van der Waals surface area (Å²) in [5, 5.41) is 21.7. The Balaban J connectivity index is 1.33. The number of allylic oxidation sites excluding steroid dienone is 2. The summed E-state index contributed by atoms with van der Waals surface area (Å²) in [6.07, 6.45) is -2.72. The quantitative estimate of drug-likeness (QED) is 0.130. The van der Waals surface area contributed by atoms with Crippen molar-refractivity contribution in [2.45, 2.75) is 30.4 Å². The van der Waals surface area contributed by atoms with Gasteiger partial charge in [0.25, 0.3) is 11.8 Å². The maximum atomic E-state index is 15.4. The van der Waals surface area contributed by atoms with Gasteiger partial charge in [0.05, 0.1) is 52.1 Å². The molecule has 17 heteroatoms. The highest BCUT2D eigenvalue weighted by atomic mass is 35.5. The number of methoxy groups -OCH3 is 1. The predicted molar refractivity (Wildman–Crippen MR) is 197 cm³/mol. The number of carboxylic acid groups (broad SMARTS) is 1. The number of carboxylic acids is 1. The van der Waals surface area contributed by atoms with Gasteiger partial charge in [0.2, 0.25) is 11.8 Å². The summed E-state index contributed by atoms with van der Waals surface area (Å²) in [4.78, 5) is 75.4. The number of aromatic carboxylic acids is 1. The third kappa shape index (κ3) is 5.73. The molecule has 3 heterocycles. The van der Waals surface area contributed by atoms with Crippen LogP contribution in [-0.2, 0) is 30.8 Å². The maximum Gasteiger partial charge on any atom is 0.417 e. The fraction of sp³-hybridized carbons (Fsp3) is 0.250. The second-order valence-electron chi connectivity index (χ2n) is 14.2. The van der Waals surface area contributed by atoms with E-state index < -0.39 is 87.2 Å². The lowest BCUT2D eigenvalue weighted by Crippen LogP contribution is -2.53. The van der Waals surface area contributed by atoms with Gasteiger partial charge in [0.15, 0.2) is 5.82 Å². The minimum absolute atomic E-state index is 0.0130. The zero-order chi connectivity index (χ0) is 40.7. The van der Waals surface area contributed by atoms with Crippen molar-refractivity contribution >= 4 is 64.3 Å². The number of rotatable bonds is 7. The lowest BCUT2D eigenvalue weighted by atomic mass is 9.49. The molecule has 4 aliphatic rings. The second-order valence-corrected chi connectivity index (χ2v) is 15.0. The van der Waals surface area contributed by atoms with E-state index >= 15 is 4.79 Å². The minimum atomic E-state index is -4.79. The number of benzene rings is 3. The maximum absolute atomic E-state index is 15.4. The van der Waals surface area contributed by atoms with Crippen molar-refractivity contribution in [3.63, 3.8) is 0 Å². The number of phenols is 1. The first-order valence-corrected chi connectivity index (χ1v) is 18.3. The van der Waals surface area contributed by atoms with Crippen LogP contribution in [0.3, 0.4) is 0 Å². The average Bonchev–Trinajstić information content (AvgIpc) is 3.56. The van der Waals surface area contributed by atoms with Gasteiger partial charge < -0.3 is 14.9 Å². The molecule has 12 nitrogen and oxygen atoms in total. The minimum Gasteiger partial charge on any atom is -0.508 e. The summed E-state index contributed by atoms with van der Waals surface area (Å²) >= 11 is 12.6. The van der Waals surface area contributed by atoms with Crippen LogP contribution in [0.15, 0.2) is 90.6 Å². The number of hydrogen-bond acceptors (Lipinski definition) is 9. The van der Waals surface area contributed by atoms with Crippen LogP contribution in [0.5, 0.6) is 11.5 Å². The number of carbonyl (C=O) groups is 5. The van der Waals surface area contributed by atoms with Gasteiger partial charge in [0.1, 0.15) is 11.5 Å². The van der Waals surface area contributed by atoms with Gasteiger partial charge >= 0.3 is 12.1 Å². The van der Waals surface area contributed by atoms with Crippen molar-refractivity contribution in [3.8, 4) is 11.5 Å². The molecule has 0 spiro atoms. The Bertz CT molecular complexity index is 2440. The molecular formula is C40H29Cl2F3N4O8. The lowest BCUT2D eigenvalue weighted by molar-refractivity contribution is -0.139. The number of amides is 4. The molecule has 4 amide bonds. The van der Waals surface area contributed by atoms with Gasteiger partial charge in [-0.3, -0.25) is 29.5 Å². The SMILES string of the molecule is COc1cccc(O)c1C1C2=CCC3C(=O)N(c4cccc(C(=O)O)c4)C(=O)C3C2CC2C(=O)N(Nc3ncc(C(F)(F)F)cc3Cl)C(=O)C21c1ccc(Cl)cc1. The molecule has 57 heavy (non-hydrogen) atoms. The Morgan fingerprint density at radius 3 is 2.35 bits per heavy atom. The number of phenolic OH excluding ortho intramolecular Hbond substituents is 1. The normalized spacial score (nSPS) is 25.5. The molecule has 2 saturated heterocycles. The summed E-state index contributed by atoms with van der Waals surface area (Å²) in [6.45, 7) is 0. The Morgan fingerprint density at radius 2 is 1.68 bits per heavy atom. The van der Waals surface area contributed by atoms with E-state index in [1.165, 1.54) is 55.6 Å². The fourth-order valence-electron chi connectivity index (χ4n) is 9.13. The number of anilines is 2. The zero-order valence-electron chi connectivity index (χ0n) is 29.5. The van der Waals surface area contributed by atoms with E-state index in [0.29, 0.717) is 27.9 Å². The highest BCUT2D eigenvalue weighted by molar-refractivity contribution is 6.33. The van der Waals surface area contributed by atoms with Crippen LogP contribution in [0.2, 0.25) is 10.0 Å². The zero-order valence-corrected chi connectivity index (χ0v) is 31.0. The van der Waals surface area contributed by atoms with Crippen molar-refractivity contribution < 1.29 is 52.1 Å². The molecule has 6 unspecified atom stereocenters. The summed E-state index contributed by atoms with van der Waals surface area (Å²) in [6, 6.07) is 16.6. The number of halogens is 5.